The van der Waals surface area contributed by atoms with E-state index in [1.807, 2.05) is 0 Å². The van der Waals surface area contributed by atoms with Gasteiger partial charge < -0.3 is 20.9 Å². The molecule has 0 saturated carbocycles. The number of hydrogen-bond acceptors (Lipinski definition) is 4. The molecule has 2 amide bonds. The Hall–Kier alpha value is -2.16. The number of nitrogens with one attached hydrogen (secondary N) is 3. The fraction of sp³-hybridized carbons (Fsp3) is 0.200. The van der Waals surface area contributed by atoms with Gasteiger partial charge in [-0.05, 0) is 13.0 Å². The van der Waals surface area contributed by atoms with E-state index < -0.39 is 23.3 Å². The molecule has 5 N–H and O–H groups in total. The Morgan fingerprint density at radius 2 is 2.00 bits per heavy atom. The second-order valence-electron chi connectivity index (χ2n) is 3.51. The van der Waals surface area contributed by atoms with Gasteiger partial charge in [-0.3, -0.25) is 4.79 Å². The number of amides is 2. The maximum atomic E-state index is 11.4. The summed E-state index contributed by atoms with van der Waals surface area (Å²) in [7, 11) is 0. The van der Waals surface area contributed by atoms with Gasteiger partial charge in [0.25, 0.3) is 0 Å². The summed E-state index contributed by atoms with van der Waals surface area (Å²) in [6.45, 7) is 1.30. The maximum Gasteiger partial charge on any atom is 0.325 e. The van der Waals surface area contributed by atoms with Crippen LogP contribution in [-0.4, -0.2) is 28.4 Å². The summed E-state index contributed by atoms with van der Waals surface area (Å²) in [5.41, 5.74) is 0.0238. The van der Waals surface area contributed by atoms with Gasteiger partial charge in [-0.2, -0.15) is 5.23 Å². The average Bonchev–Trinajstić information content (AvgIpc) is 2.28. The zero-order valence-corrected chi connectivity index (χ0v) is 9.51. The van der Waals surface area contributed by atoms with Crippen LogP contribution in [0.4, 0.5) is 16.2 Å². The number of benzene rings is 1. The number of urea groups is 1. The van der Waals surface area contributed by atoms with E-state index in [1.54, 1.807) is 6.07 Å². The Kier molecular flexibility index (Phi) is 4.60. The smallest absolute Gasteiger partial charge is 0.325 e. The highest BCUT2D eigenvalue weighted by molar-refractivity contribution is 5.93. The third-order valence-electron chi connectivity index (χ3n) is 2.12. The molecule has 1 aromatic rings. The number of para-hydroxylation sites is 2. The summed E-state index contributed by atoms with van der Waals surface area (Å²) in [5, 5.41) is 31.6. The molecule has 0 aliphatic rings. The molecule has 0 fully saturated rings. The molecule has 18 heavy (non-hydrogen) atoms. The molecule has 0 heterocycles. The highest BCUT2D eigenvalue weighted by Gasteiger charge is 2.16. The van der Waals surface area contributed by atoms with Crippen LogP contribution in [-0.2, 0) is 4.79 Å². The third-order valence-corrected chi connectivity index (χ3v) is 2.12. The lowest BCUT2D eigenvalue weighted by atomic mass is 10.2. The van der Waals surface area contributed by atoms with E-state index >= 15 is 0 Å². The van der Waals surface area contributed by atoms with Crippen molar-refractivity contribution in [3.05, 3.63) is 29.5 Å². The Labute approximate surface area is 102 Å². The van der Waals surface area contributed by atoms with E-state index in [9.17, 15) is 14.8 Å². The van der Waals surface area contributed by atoms with Crippen LogP contribution < -0.4 is 15.9 Å². The molecule has 8 heteroatoms. The van der Waals surface area contributed by atoms with Crippen LogP contribution in [0.25, 0.3) is 0 Å². The van der Waals surface area contributed by atoms with Crippen LogP contribution >= 0.6 is 0 Å². The molecular formula is C10H13N3O5. The van der Waals surface area contributed by atoms with Crippen molar-refractivity contribution >= 4 is 23.4 Å². The molecule has 0 aliphatic heterocycles. The maximum absolute atomic E-state index is 11.4. The van der Waals surface area contributed by atoms with E-state index in [1.165, 1.54) is 25.1 Å². The number of carbonyl (C=O) groups is 2. The van der Waals surface area contributed by atoms with Crippen molar-refractivity contribution in [2.24, 2.45) is 0 Å². The second-order valence-corrected chi connectivity index (χ2v) is 3.51. The monoisotopic (exact) mass is 255 g/mol. The number of carbonyl (C=O) groups excluding carboxylic acids is 1. The quantitative estimate of drug-likeness (QED) is 0.471. The van der Waals surface area contributed by atoms with Crippen LogP contribution in [0.2, 0.25) is 0 Å². The lowest BCUT2D eigenvalue weighted by Gasteiger charge is -2.16. The first kappa shape index (κ1) is 13.9. The molecule has 1 aromatic carbocycles. The van der Waals surface area contributed by atoms with Gasteiger partial charge in [0.15, 0.2) is 5.69 Å². The number of carboxylic acid groups (broad SMARTS) is 1. The van der Waals surface area contributed by atoms with Gasteiger partial charge in [-0.1, -0.05) is 12.1 Å². The van der Waals surface area contributed by atoms with Crippen molar-refractivity contribution < 1.29 is 25.1 Å². The van der Waals surface area contributed by atoms with E-state index in [2.05, 4.69) is 10.6 Å². The number of quaternary nitrogens is 1. The molecule has 1 rings (SSSR count). The Balaban J connectivity index is 2.73. The summed E-state index contributed by atoms with van der Waals surface area (Å²) in [6.07, 6.45) is 0. The molecular weight excluding hydrogens is 242 g/mol. The van der Waals surface area contributed by atoms with E-state index in [0.29, 0.717) is 0 Å². The Bertz CT molecular complexity index is 449. The van der Waals surface area contributed by atoms with Crippen LogP contribution in [0, 0.1) is 5.21 Å². The average molecular weight is 255 g/mol. The predicted octanol–water partition coefficient (Wildman–Crippen LogP) is -0.315. The Morgan fingerprint density at radius 3 is 2.56 bits per heavy atom. The predicted molar refractivity (Wildman–Crippen MR) is 61.5 cm³/mol. The van der Waals surface area contributed by atoms with Gasteiger partial charge in [-0.25, -0.2) is 10.0 Å². The van der Waals surface area contributed by atoms with Crippen molar-refractivity contribution in [1.82, 2.24) is 5.32 Å². The topological polar surface area (TPSA) is 126 Å². The SMILES string of the molecule is C[C@@H](NC(=O)Nc1ccccc1[NH+]([O-])O)C(=O)O. The minimum Gasteiger partial charge on any atom is -0.595 e. The minimum absolute atomic E-state index is 0.0735. The van der Waals surface area contributed by atoms with Crippen LogP contribution in [0.15, 0.2) is 24.3 Å². The molecule has 0 aliphatic carbocycles. The molecule has 8 nitrogen and oxygen atoms in total. The van der Waals surface area contributed by atoms with Gasteiger partial charge in [0.2, 0.25) is 0 Å². The molecule has 0 saturated heterocycles. The largest absolute Gasteiger partial charge is 0.595 e. The minimum atomic E-state index is -1.18. The van der Waals surface area contributed by atoms with Crippen LogP contribution in [0.1, 0.15) is 6.92 Å². The number of anilines is 1. The van der Waals surface area contributed by atoms with Gasteiger partial charge in [0, 0.05) is 6.07 Å². The summed E-state index contributed by atoms with van der Waals surface area (Å²) < 4.78 is 0. The summed E-state index contributed by atoms with van der Waals surface area (Å²) in [6, 6.07) is 3.97. The number of aliphatic carboxylic acids is 1. The van der Waals surface area contributed by atoms with Gasteiger partial charge in [0.1, 0.15) is 11.7 Å². The first-order valence-electron chi connectivity index (χ1n) is 5.04. The third kappa shape index (κ3) is 3.70. The lowest BCUT2D eigenvalue weighted by molar-refractivity contribution is -0.990. The van der Waals surface area contributed by atoms with Crippen molar-refractivity contribution in [2.45, 2.75) is 13.0 Å². The molecule has 0 bridgehead atoms. The second kappa shape index (κ2) is 5.96. The molecule has 2 atom stereocenters. The summed E-state index contributed by atoms with van der Waals surface area (Å²) in [5.74, 6) is -1.18. The lowest BCUT2D eigenvalue weighted by Crippen LogP contribution is -2.99. The van der Waals surface area contributed by atoms with Gasteiger partial charge in [-0.15, -0.1) is 0 Å². The van der Waals surface area contributed by atoms with Crippen molar-refractivity contribution in [3.8, 4) is 0 Å². The van der Waals surface area contributed by atoms with E-state index in [4.69, 9.17) is 10.3 Å². The normalized spacial score (nSPS) is 13.5. The molecule has 0 spiro atoms. The zero-order valence-electron chi connectivity index (χ0n) is 9.51. The van der Waals surface area contributed by atoms with Gasteiger partial charge >= 0.3 is 12.0 Å². The molecule has 0 aromatic heterocycles. The standard InChI is InChI=1S/C10H13N3O5/c1-6(9(14)15)11-10(16)12-7-4-2-3-5-8(7)13(17)18/h2-6,13,17H,1H3,(H,14,15)(H2,11,12,16)/t6-/m1/s1. The summed E-state index contributed by atoms with van der Waals surface area (Å²) in [4.78, 5) is 21.9. The van der Waals surface area contributed by atoms with Crippen molar-refractivity contribution in [3.63, 3.8) is 0 Å². The first-order valence-corrected chi connectivity index (χ1v) is 5.04. The van der Waals surface area contributed by atoms with E-state index in [0.717, 1.165) is 0 Å². The van der Waals surface area contributed by atoms with Crippen LogP contribution in [0.5, 0.6) is 0 Å². The van der Waals surface area contributed by atoms with Crippen molar-refractivity contribution in [1.29, 1.82) is 0 Å². The molecule has 98 valence electrons. The number of carboxylic acids is 1. The fourth-order valence-electron chi connectivity index (χ4n) is 1.20. The highest BCUT2D eigenvalue weighted by atomic mass is 16.8. The number of hydrogen-bond donors (Lipinski definition) is 5. The van der Waals surface area contributed by atoms with Crippen molar-refractivity contribution in [2.75, 3.05) is 5.32 Å². The highest BCUT2D eigenvalue weighted by Crippen LogP contribution is 2.16. The molecule has 1 unspecified atom stereocenters. The van der Waals surface area contributed by atoms with E-state index in [-0.39, 0.29) is 11.4 Å². The Morgan fingerprint density at radius 1 is 1.39 bits per heavy atom. The molecule has 0 radical (unpaired) electrons. The van der Waals surface area contributed by atoms with Gasteiger partial charge in [0.05, 0.1) is 0 Å². The van der Waals surface area contributed by atoms with Crippen LogP contribution in [0.3, 0.4) is 0 Å². The number of rotatable bonds is 4. The fourth-order valence-corrected chi connectivity index (χ4v) is 1.20. The zero-order chi connectivity index (χ0) is 13.7. The summed E-state index contributed by atoms with van der Waals surface area (Å²) >= 11 is 0. The first-order chi connectivity index (χ1) is 8.41.